The van der Waals surface area contributed by atoms with E-state index in [0.29, 0.717) is 18.4 Å². The van der Waals surface area contributed by atoms with Crippen molar-refractivity contribution in [3.05, 3.63) is 101 Å². The fraction of sp³-hybridized carbons (Fsp3) is 0.547. The number of rotatable bonds is 27. The molecular formula is C53H84N4O13S. The maximum absolute atomic E-state index is 14.3. The topological polar surface area (TPSA) is 212 Å². The van der Waals surface area contributed by atoms with Crippen LogP contribution in [0.3, 0.4) is 0 Å². The SMILES string of the molecule is C=C.C=C.C=C.C=CCOC(=O)[C@H](C)COC(=O)[C@H](C(C)C)N(C)C(=O)[C@H](CSC[C@H](CC)C(=O)N(C)[C@H](C(=O)OC[C@H](CC=C)NCC(=O)c1ccccc1)C(C)C)N(C)C(=O)OC(C)(C)C.O=C=O. The summed E-state index contributed by atoms with van der Waals surface area (Å²) in [5.41, 5.74) is -0.304. The number of amides is 3. The van der Waals surface area contributed by atoms with Crippen LogP contribution in [0.25, 0.3) is 0 Å². The van der Waals surface area contributed by atoms with Crippen LogP contribution in [0.2, 0.25) is 0 Å². The van der Waals surface area contributed by atoms with Crippen molar-refractivity contribution >= 4 is 59.5 Å². The number of Topliss-reactive ketones (excluding diaryl/α,β-unsaturated/α-hetero) is 1. The molecule has 0 aliphatic heterocycles. The Kier molecular flexibility index (Phi) is 40.9. The van der Waals surface area contributed by atoms with Gasteiger partial charge < -0.3 is 34.1 Å². The highest BCUT2D eigenvalue weighted by molar-refractivity contribution is 7.99. The normalized spacial score (nSPS) is 12.8. The van der Waals surface area contributed by atoms with Gasteiger partial charge in [0.05, 0.1) is 12.5 Å². The van der Waals surface area contributed by atoms with Crippen molar-refractivity contribution in [2.75, 3.05) is 59.0 Å². The predicted molar refractivity (Wildman–Crippen MR) is 280 cm³/mol. The molecule has 400 valence electrons. The van der Waals surface area contributed by atoms with Gasteiger partial charge in [-0.25, -0.2) is 14.4 Å². The molecule has 0 radical (unpaired) electrons. The number of ketones is 1. The summed E-state index contributed by atoms with van der Waals surface area (Å²) in [7, 11) is 4.46. The van der Waals surface area contributed by atoms with Crippen molar-refractivity contribution < 1.29 is 62.1 Å². The standard InChI is InChI=1S/C46H72N4O11S.3C2H4.CO2/c1-15-21-35(47-25-37(51)34-22-19-18-20-23-34)27-60-44(56)38(30(4)5)49(13)40(52)33(17-3)28-62-29-36(48(12)45(57)61-46(9,10)11)41(53)50(14)39(31(6)7)43(55)59-26-32(8)42(54)58-24-16-2;3*1-2;2-1-3/h15-16,18-20,22-23,30-33,35-36,38-39,47H,1-2,17,21,24-29H2,3-14H3;3*1-2H2;/t32-,33+,35+,36+,38+,39+;;;;/m1..../s1. The number of hydrogen-bond acceptors (Lipinski definition) is 15. The van der Waals surface area contributed by atoms with Gasteiger partial charge in [-0.05, 0) is 52.4 Å². The molecule has 0 bridgehead atoms. The number of carbonyl (C=O) groups is 7. The third-order valence-corrected chi connectivity index (χ3v) is 11.1. The number of esters is 3. The van der Waals surface area contributed by atoms with Crippen LogP contribution < -0.4 is 5.32 Å². The molecule has 71 heavy (non-hydrogen) atoms. The monoisotopic (exact) mass is 1020 g/mol. The summed E-state index contributed by atoms with van der Waals surface area (Å²) in [6, 6.07) is 5.39. The third-order valence-electron chi connectivity index (χ3n) is 9.89. The van der Waals surface area contributed by atoms with Crippen molar-refractivity contribution in [1.82, 2.24) is 20.0 Å². The molecule has 0 aliphatic carbocycles. The minimum Gasteiger partial charge on any atom is -0.463 e. The molecule has 17 nitrogen and oxygen atoms in total. The molecule has 0 unspecified atom stereocenters. The first-order valence-corrected chi connectivity index (χ1v) is 24.2. The summed E-state index contributed by atoms with van der Waals surface area (Å²) < 4.78 is 21.9. The summed E-state index contributed by atoms with van der Waals surface area (Å²) in [4.78, 5) is 114. The van der Waals surface area contributed by atoms with Gasteiger partial charge in [0.1, 0.15) is 43.5 Å². The highest BCUT2D eigenvalue weighted by Gasteiger charge is 2.39. The van der Waals surface area contributed by atoms with Crippen LogP contribution >= 0.6 is 11.8 Å². The van der Waals surface area contributed by atoms with E-state index < -0.39 is 71.4 Å². The van der Waals surface area contributed by atoms with Gasteiger partial charge >= 0.3 is 30.2 Å². The first kappa shape index (κ1) is 71.5. The van der Waals surface area contributed by atoms with Crippen LogP contribution in [0.1, 0.15) is 85.5 Å². The van der Waals surface area contributed by atoms with E-state index in [1.54, 1.807) is 78.9 Å². The molecule has 0 aromatic heterocycles. The second-order valence-corrected chi connectivity index (χ2v) is 18.2. The zero-order chi connectivity index (χ0) is 56.0. The Hall–Kier alpha value is -6.10. The quantitative estimate of drug-likeness (QED) is 0.0388. The van der Waals surface area contributed by atoms with E-state index in [9.17, 15) is 33.6 Å². The largest absolute Gasteiger partial charge is 0.463 e. The molecule has 3 amide bonds. The number of nitrogens with zero attached hydrogens (tertiary/aromatic N) is 3. The summed E-state index contributed by atoms with van der Waals surface area (Å²) >= 11 is 1.28. The van der Waals surface area contributed by atoms with Crippen molar-refractivity contribution in [2.24, 2.45) is 23.7 Å². The molecule has 1 aromatic carbocycles. The average molecular weight is 1020 g/mol. The average Bonchev–Trinajstić information content (AvgIpc) is 3.34. The number of carbonyl (C=O) groups excluding carboxylic acids is 9. The Morgan fingerprint density at radius 2 is 1.18 bits per heavy atom. The number of thioether (sulfide) groups is 1. The first-order chi connectivity index (χ1) is 33.4. The fourth-order valence-electron chi connectivity index (χ4n) is 6.33. The summed E-state index contributed by atoms with van der Waals surface area (Å²) in [5.74, 6) is -4.61. The van der Waals surface area contributed by atoms with Crippen LogP contribution in [0, 0.1) is 23.7 Å². The highest BCUT2D eigenvalue weighted by atomic mass is 32.2. The number of likely N-dealkylation sites (N-methyl/N-ethyl adjacent to an activating group) is 3. The lowest BCUT2D eigenvalue weighted by Gasteiger charge is -2.36. The van der Waals surface area contributed by atoms with Crippen molar-refractivity contribution in [3.63, 3.8) is 0 Å². The molecule has 1 rings (SSSR count). The van der Waals surface area contributed by atoms with Crippen molar-refractivity contribution in [1.29, 1.82) is 0 Å². The summed E-state index contributed by atoms with van der Waals surface area (Å²) in [6.45, 7) is 40.7. The molecule has 1 N–H and O–H groups in total. The zero-order valence-electron chi connectivity index (χ0n) is 44.5. The van der Waals surface area contributed by atoms with Crippen LogP contribution in [0.5, 0.6) is 0 Å². The van der Waals surface area contributed by atoms with E-state index in [0.717, 1.165) is 0 Å². The second-order valence-electron chi connectivity index (χ2n) is 17.1. The van der Waals surface area contributed by atoms with Gasteiger partial charge in [0.2, 0.25) is 11.8 Å². The fourth-order valence-corrected chi connectivity index (χ4v) is 7.72. The molecule has 0 saturated heterocycles. The Morgan fingerprint density at radius 1 is 0.704 bits per heavy atom. The number of ether oxygens (including phenoxy) is 4. The van der Waals surface area contributed by atoms with E-state index in [1.807, 2.05) is 26.8 Å². The third kappa shape index (κ3) is 28.4. The molecule has 0 aliphatic rings. The Bertz CT molecular complexity index is 1790. The van der Waals surface area contributed by atoms with Crippen LogP contribution in [-0.4, -0.2) is 151 Å². The molecule has 0 fully saturated rings. The van der Waals surface area contributed by atoms with E-state index in [1.165, 1.54) is 46.6 Å². The van der Waals surface area contributed by atoms with Crippen LogP contribution in [-0.2, 0) is 52.5 Å². The minimum atomic E-state index is -1.12. The van der Waals surface area contributed by atoms with Gasteiger partial charge in [-0.1, -0.05) is 83.7 Å². The van der Waals surface area contributed by atoms with Crippen molar-refractivity contribution in [3.8, 4) is 0 Å². The Morgan fingerprint density at radius 3 is 1.62 bits per heavy atom. The smallest absolute Gasteiger partial charge is 0.410 e. The van der Waals surface area contributed by atoms with Gasteiger partial charge in [0.15, 0.2) is 5.78 Å². The zero-order valence-corrected chi connectivity index (χ0v) is 45.3. The lowest BCUT2D eigenvalue weighted by Crippen LogP contribution is -2.56. The van der Waals surface area contributed by atoms with E-state index >= 15 is 0 Å². The molecule has 0 saturated carbocycles. The van der Waals surface area contributed by atoms with Gasteiger partial charge in [0.25, 0.3) is 0 Å². The van der Waals surface area contributed by atoms with Gasteiger partial charge in [-0.15, -0.1) is 46.1 Å². The number of benzene rings is 1. The number of hydrogen-bond donors (Lipinski definition) is 1. The molecule has 1 aromatic rings. The molecule has 18 heteroatoms. The molecular weight excluding hydrogens is 933 g/mol. The van der Waals surface area contributed by atoms with Crippen LogP contribution in [0.15, 0.2) is 95.1 Å². The van der Waals surface area contributed by atoms with Crippen LogP contribution in [0.4, 0.5) is 4.79 Å². The Balaban J connectivity index is -0.00000233. The molecule has 0 heterocycles. The number of nitrogens with one attached hydrogen (secondary N) is 1. The maximum Gasteiger partial charge on any atom is 0.410 e. The van der Waals surface area contributed by atoms with Gasteiger partial charge in [0, 0.05) is 50.2 Å². The highest BCUT2D eigenvalue weighted by Crippen LogP contribution is 2.24. The summed E-state index contributed by atoms with van der Waals surface area (Å²) in [5, 5.41) is 3.15. The van der Waals surface area contributed by atoms with Gasteiger partial charge in [-0.2, -0.15) is 21.4 Å². The second kappa shape index (κ2) is 40.6. The minimum absolute atomic E-state index is 0.0155. The lowest BCUT2D eigenvalue weighted by molar-refractivity contribution is -0.192. The van der Waals surface area contributed by atoms with Gasteiger partial charge in [-0.3, -0.25) is 24.1 Å². The summed E-state index contributed by atoms with van der Waals surface area (Å²) in [6.07, 6.45) is 3.44. The van der Waals surface area contributed by atoms with E-state index in [2.05, 4.69) is 57.9 Å². The lowest BCUT2D eigenvalue weighted by atomic mass is 10.00. The molecule has 6 atom stereocenters. The molecule has 0 spiro atoms. The Labute approximate surface area is 428 Å². The van der Waals surface area contributed by atoms with E-state index in [-0.39, 0.29) is 67.7 Å². The predicted octanol–water partition coefficient (Wildman–Crippen LogP) is 7.64. The van der Waals surface area contributed by atoms with E-state index in [4.69, 9.17) is 28.5 Å². The maximum atomic E-state index is 14.3. The first-order valence-electron chi connectivity index (χ1n) is 23.0. The van der Waals surface area contributed by atoms with Crippen molar-refractivity contribution in [2.45, 2.75) is 105 Å².